The van der Waals surface area contributed by atoms with Gasteiger partial charge in [0.05, 0.1) is 0 Å². The van der Waals surface area contributed by atoms with E-state index in [-0.39, 0.29) is 17.3 Å². The molecule has 86 valence electrons. The van der Waals surface area contributed by atoms with Gasteiger partial charge >= 0.3 is 0 Å². The number of hydrogen-bond acceptors (Lipinski definition) is 1. The Balaban J connectivity index is 2.14. The third-order valence-corrected chi connectivity index (χ3v) is 3.62. The molecule has 0 bridgehead atoms. The lowest BCUT2D eigenvalue weighted by Crippen LogP contribution is -2.50. The number of benzene rings is 1. The Morgan fingerprint density at radius 3 is 2.62 bits per heavy atom. The summed E-state index contributed by atoms with van der Waals surface area (Å²) in [6.07, 6.45) is 3.16. The van der Waals surface area contributed by atoms with E-state index in [1.54, 1.807) is 6.07 Å². The SMILES string of the molecule is CC1(NC(=O)c2cc(F)cc(I)c2)CCC1. The number of halogens is 2. The van der Waals surface area contributed by atoms with E-state index < -0.39 is 0 Å². The molecule has 0 spiro atoms. The molecule has 16 heavy (non-hydrogen) atoms. The maximum atomic E-state index is 13.1. The average molecular weight is 333 g/mol. The minimum atomic E-state index is -0.365. The van der Waals surface area contributed by atoms with Crippen LogP contribution in [0.2, 0.25) is 0 Å². The Labute approximate surface area is 108 Å². The first-order valence-corrected chi connectivity index (χ1v) is 6.35. The van der Waals surface area contributed by atoms with Crippen LogP contribution in [0.25, 0.3) is 0 Å². The van der Waals surface area contributed by atoms with Crippen molar-refractivity contribution in [3.63, 3.8) is 0 Å². The van der Waals surface area contributed by atoms with Gasteiger partial charge in [0, 0.05) is 14.7 Å². The molecule has 0 atom stereocenters. The van der Waals surface area contributed by atoms with Crippen molar-refractivity contribution in [1.29, 1.82) is 0 Å². The molecule has 2 nitrogen and oxygen atoms in total. The van der Waals surface area contributed by atoms with Crippen LogP contribution in [0.15, 0.2) is 18.2 Å². The van der Waals surface area contributed by atoms with Gasteiger partial charge in [-0.1, -0.05) is 0 Å². The molecular formula is C12H13FINO. The van der Waals surface area contributed by atoms with Gasteiger partial charge in [-0.25, -0.2) is 4.39 Å². The second kappa shape index (κ2) is 4.31. The summed E-state index contributed by atoms with van der Waals surface area (Å²) in [6.45, 7) is 2.03. The molecule has 1 aliphatic rings. The first-order chi connectivity index (χ1) is 7.48. The van der Waals surface area contributed by atoms with E-state index in [1.807, 2.05) is 29.5 Å². The third kappa shape index (κ3) is 2.53. The normalized spacial score (nSPS) is 17.7. The smallest absolute Gasteiger partial charge is 0.251 e. The van der Waals surface area contributed by atoms with Gasteiger partial charge in [0.15, 0.2) is 0 Å². The first kappa shape index (κ1) is 11.8. The number of hydrogen-bond donors (Lipinski definition) is 1. The summed E-state index contributed by atoms with van der Waals surface area (Å²) in [7, 11) is 0. The molecule has 1 aliphatic carbocycles. The highest BCUT2D eigenvalue weighted by molar-refractivity contribution is 14.1. The van der Waals surface area contributed by atoms with Crippen molar-refractivity contribution >= 4 is 28.5 Å². The van der Waals surface area contributed by atoms with Crippen molar-refractivity contribution in [2.75, 3.05) is 0 Å². The lowest BCUT2D eigenvalue weighted by atomic mass is 9.78. The van der Waals surface area contributed by atoms with Crippen molar-refractivity contribution in [3.8, 4) is 0 Å². The average Bonchev–Trinajstić information content (AvgIpc) is 2.13. The zero-order valence-corrected chi connectivity index (χ0v) is 11.2. The number of amides is 1. The predicted octanol–water partition coefficient (Wildman–Crippen LogP) is 3.10. The zero-order valence-electron chi connectivity index (χ0n) is 9.02. The fourth-order valence-electron chi connectivity index (χ4n) is 1.86. The number of carbonyl (C=O) groups is 1. The summed E-state index contributed by atoms with van der Waals surface area (Å²) >= 11 is 2.00. The molecular weight excluding hydrogens is 320 g/mol. The van der Waals surface area contributed by atoms with Crippen LogP contribution in [-0.4, -0.2) is 11.4 Å². The number of carbonyl (C=O) groups excluding carboxylic acids is 1. The van der Waals surface area contributed by atoms with E-state index in [0.29, 0.717) is 5.56 Å². The fraction of sp³-hybridized carbons (Fsp3) is 0.417. The van der Waals surface area contributed by atoms with Crippen molar-refractivity contribution in [2.45, 2.75) is 31.7 Å². The Morgan fingerprint density at radius 1 is 1.44 bits per heavy atom. The highest BCUT2D eigenvalue weighted by Crippen LogP contribution is 2.31. The largest absolute Gasteiger partial charge is 0.347 e. The van der Waals surface area contributed by atoms with Gasteiger partial charge in [-0.05, 0) is 67.0 Å². The second-order valence-corrected chi connectivity index (χ2v) is 5.77. The zero-order chi connectivity index (χ0) is 11.8. The maximum absolute atomic E-state index is 13.1. The van der Waals surface area contributed by atoms with Crippen molar-refractivity contribution < 1.29 is 9.18 Å². The molecule has 1 aromatic rings. The summed E-state index contributed by atoms with van der Waals surface area (Å²) in [5.74, 6) is -0.546. The van der Waals surface area contributed by atoms with E-state index in [0.717, 1.165) is 22.8 Å². The van der Waals surface area contributed by atoms with Gasteiger partial charge in [-0.15, -0.1) is 0 Å². The minimum absolute atomic E-state index is 0.0885. The molecule has 0 aromatic heterocycles. The molecule has 1 aromatic carbocycles. The van der Waals surface area contributed by atoms with Crippen molar-refractivity contribution in [1.82, 2.24) is 5.32 Å². The highest BCUT2D eigenvalue weighted by Gasteiger charge is 2.33. The third-order valence-electron chi connectivity index (χ3n) is 3.00. The molecule has 1 saturated carbocycles. The summed E-state index contributed by atoms with van der Waals surface area (Å²) in [5.41, 5.74) is 0.312. The topological polar surface area (TPSA) is 29.1 Å². The van der Waals surface area contributed by atoms with E-state index in [9.17, 15) is 9.18 Å². The molecule has 2 rings (SSSR count). The quantitative estimate of drug-likeness (QED) is 0.828. The van der Waals surface area contributed by atoms with Crippen LogP contribution in [0, 0.1) is 9.39 Å². The minimum Gasteiger partial charge on any atom is -0.347 e. The first-order valence-electron chi connectivity index (χ1n) is 5.27. The summed E-state index contributed by atoms with van der Waals surface area (Å²) in [5, 5.41) is 2.95. The second-order valence-electron chi connectivity index (χ2n) is 4.53. The van der Waals surface area contributed by atoms with E-state index in [1.165, 1.54) is 12.1 Å². The molecule has 0 heterocycles. The lowest BCUT2D eigenvalue weighted by Gasteiger charge is -2.39. The van der Waals surface area contributed by atoms with E-state index >= 15 is 0 Å². The molecule has 1 N–H and O–H groups in total. The van der Waals surface area contributed by atoms with Gasteiger partial charge in [0.2, 0.25) is 0 Å². The number of rotatable bonds is 2. The molecule has 1 fully saturated rings. The Bertz CT molecular complexity index is 409. The van der Waals surface area contributed by atoms with Gasteiger partial charge in [-0.2, -0.15) is 0 Å². The highest BCUT2D eigenvalue weighted by atomic mass is 127. The molecule has 0 aliphatic heterocycles. The van der Waals surface area contributed by atoms with E-state index in [2.05, 4.69) is 5.32 Å². The molecule has 4 heteroatoms. The Morgan fingerprint density at radius 2 is 2.12 bits per heavy atom. The predicted molar refractivity (Wildman–Crippen MR) is 68.8 cm³/mol. The molecule has 0 unspecified atom stereocenters. The summed E-state index contributed by atoms with van der Waals surface area (Å²) < 4.78 is 13.9. The van der Waals surface area contributed by atoms with Gasteiger partial charge in [0.25, 0.3) is 5.91 Å². The monoisotopic (exact) mass is 333 g/mol. The maximum Gasteiger partial charge on any atom is 0.251 e. The van der Waals surface area contributed by atoms with Crippen LogP contribution in [-0.2, 0) is 0 Å². The Hall–Kier alpha value is -0.650. The van der Waals surface area contributed by atoms with Crippen molar-refractivity contribution in [3.05, 3.63) is 33.1 Å². The van der Waals surface area contributed by atoms with Crippen LogP contribution >= 0.6 is 22.6 Å². The van der Waals surface area contributed by atoms with E-state index in [4.69, 9.17) is 0 Å². The number of nitrogens with one attached hydrogen (secondary N) is 1. The van der Waals surface area contributed by atoms with Crippen LogP contribution in [0.4, 0.5) is 4.39 Å². The summed E-state index contributed by atoms with van der Waals surface area (Å²) in [6, 6.07) is 4.38. The van der Waals surface area contributed by atoms with Crippen LogP contribution in [0.5, 0.6) is 0 Å². The molecule has 0 radical (unpaired) electrons. The van der Waals surface area contributed by atoms with Crippen LogP contribution in [0.3, 0.4) is 0 Å². The van der Waals surface area contributed by atoms with Crippen molar-refractivity contribution in [2.24, 2.45) is 0 Å². The van der Waals surface area contributed by atoms with Gasteiger partial charge in [-0.3, -0.25) is 4.79 Å². The summed E-state index contributed by atoms with van der Waals surface area (Å²) in [4.78, 5) is 11.9. The lowest BCUT2D eigenvalue weighted by molar-refractivity contribution is 0.0850. The molecule has 1 amide bonds. The molecule has 0 saturated heterocycles. The van der Waals surface area contributed by atoms with Crippen LogP contribution < -0.4 is 5.32 Å². The standard InChI is InChI=1S/C12H13FINO/c1-12(3-2-4-12)15-11(16)8-5-9(13)7-10(14)6-8/h5-7H,2-4H2,1H3,(H,15,16). The fourth-order valence-corrected chi connectivity index (χ4v) is 2.50. The Kier molecular flexibility index (Phi) is 3.19. The van der Waals surface area contributed by atoms with Crippen LogP contribution in [0.1, 0.15) is 36.5 Å². The van der Waals surface area contributed by atoms with Gasteiger partial charge < -0.3 is 5.32 Å². The van der Waals surface area contributed by atoms with Gasteiger partial charge in [0.1, 0.15) is 5.82 Å².